The van der Waals surface area contributed by atoms with Crippen LogP contribution in [0.2, 0.25) is 0 Å². The normalized spacial score (nSPS) is 23.3. The molecule has 0 spiro atoms. The fraction of sp³-hybridized carbons (Fsp3) is 0.550. The molecule has 1 aromatic rings. The van der Waals surface area contributed by atoms with Gasteiger partial charge in [-0.3, -0.25) is 4.79 Å². The number of carbonyl (C=O) groups excluding carboxylic acids is 2. The average molecular weight is 355 g/mol. The quantitative estimate of drug-likeness (QED) is 0.821. The highest BCUT2D eigenvalue weighted by atomic mass is 16.5. The SMILES string of the molecule is N#CC(NC(=O)[C@H]1CCCC[C@H]1NC(=O)OCc1ccccc1)C1CC1. The number of ether oxygens (including phenoxy) is 1. The van der Waals surface area contributed by atoms with E-state index in [0.717, 1.165) is 44.1 Å². The molecule has 6 heteroatoms. The fourth-order valence-corrected chi connectivity index (χ4v) is 3.48. The number of hydrogen-bond acceptors (Lipinski definition) is 4. The molecule has 1 aromatic carbocycles. The third-order valence-electron chi connectivity index (χ3n) is 5.15. The summed E-state index contributed by atoms with van der Waals surface area (Å²) < 4.78 is 5.28. The number of nitrogens with one attached hydrogen (secondary N) is 2. The van der Waals surface area contributed by atoms with Gasteiger partial charge in [0.05, 0.1) is 12.0 Å². The van der Waals surface area contributed by atoms with Gasteiger partial charge in [-0.25, -0.2) is 4.79 Å². The lowest BCUT2D eigenvalue weighted by Gasteiger charge is -2.31. The molecule has 2 saturated carbocycles. The predicted octanol–water partition coefficient (Wildman–Crippen LogP) is 2.89. The second kappa shape index (κ2) is 8.70. The van der Waals surface area contributed by atoms with Crippen LogP contribution in [-0.2, 0) is 16.1 Å². The summed E-state index contributed by atoms with van der Waals surface area (Å²) in [6.45, 7) is 0.203. The van der Waals surface area contributed by atoms with Crippen LogP contribution in [0.25, 0.3) is 0 Å². The summed E-state index contributed by atoms with van der Waals surface area (Å²) >= 11 is 0. The van der Waals surface area contributed by atoms with Crippen LogP contribution in [0, 0.1) is 23.2 Å². The Morgan fingerprint density at radius 2 is 1.88 bits per heavy atom. The molecule has 26 heavy (non-hydrogen) atoms. The van der Waals surface area contributed by atoms with Gasteiger partial charge in [-0.1, -0.05) is 43.2 Å². The van der Waals surface area contributed by atoms with Gasteiger partial charge in [-0.05, 0) is 37.2 Å². The summed E-state index contributed by atoms with van der Waals surface area (Å²) in [5, 5.41) is 14.9. The van der Waals surface area contributed by atoms with E-state index < -0.39 is 12.1 Å². The van der Waals surface area contributed by atoms with Crippen molar-refractivity contribution in [3.63, 3.8) is 0 Å². The molecule has 0 bridgehead atoms. The highest BCUT2D eigenvalue weighted by Crippen LogP contribution is 2.33. The maximum Gasteiger partial charge on any atom is 0.407 e. The Labute approximate surface area is 153 Å². The van der Waals surface area contributed by atoms with Crippen molar-refractivity contribution in [3.8, 4) is 6.07 Å². The van der Waals surface area contributed by atoms with Gasteiger partial charge in [0.15, 0.2) is 0 Å². The van der Waals surface area contributed by atoms with Crippen molar-refractivity contribution in [2.24, 2.45) is 11.8 Å². The first kappa shape index (κ1) is 18.2. The number of alkyl carbamates (subject to hydrolysis) is 1. The number of hydrogen-bond donors (Lipinski definition) is 2. The molecule has 0 radical (unpaired) electrons. The summed E-state index contributed by atoms with van der Waals surface area (Å²) in [5.41, 5.74) is 0.918. The molecule has 6 nitrogen and oxygen atoms in total. The standard InChI is InChI=1S/C20H25N3O3/c21-12-18(15-10-11-15)22-19(24)16-8-4-5-9-17(16)23-20(25)26-13-14-6-2-1-3-7-14/h1-3,6-7,15-18H,4-5,8-11,13H2,(H,22,24)(H,23,25)/t16-,17+,18?/m0/s1. The van der Waals surface area contributed by atoms with Crippen molar-refractivity contribution in [1.82, 2.24) is 10.6 Å². The highest BCUT2D eigenvalue weighted by molar-refractivity contribution is 5.81. The Morgan fingerprint density at radius 1 is 1.15 bits per heavy atom. The van der Waals surface area contributed by atoms with Gasteiger partial charge in [0.25, 0.3) is 0 Å². The average Bonchev–Trinajstić information content (AvgIpc) is 3.51. The molecule has 3 rings (SSSR count). The lowest BCUT2D eigenvalue weighted by atomic mass is 9.83. The number of nitriles is 1. The lowest BCUT2D eigenvalue weighted by Crippen LogP contribution is -2.50. The van der Waals surface area contributed by atoms with Crippen molar-refractivity contribution in [1.29, 1.82) is 5.26 Å². The van der Waals surface area contributed by atoms with Crippen LogP contribution >= 0.6 is 0 Å². The Kier molecular flexibility index (Phi) is 6.11. The molecule has 2 N–H and O–H groups in total. The third-order valence-corrected chi connectivity index (χ3v) is 5.15. The second-order valence-corrected chi connectivity index (χ2v) is 7.16. The van der Waals surface area contributed by atoms with Crippen LogP contribution in [0.3, 0.4) is 0 Å². The molecular weight excluding hydrogens is 330 g/mol. The van der Waals surface area contributed by atoms with Gasteiger partial charge >= 0.3 is 6.09 Å². The number of carbonyl (C=O) groups is 2. The molecular formula is C20H25N3O3. The van der Waals surface area contributed by atoms with E-state index in [4.69, 9.17) is 4.74 Å². The van der Waals surface area contributed by atoms with Crippen molar-refractivity contribution in [3.05, 3.63) is 35.9 Å². The first-order valence-electron chi connectivity index (χ1n) is 9.34. The van der Waals surface area contributed by atoms with E-state index >= 15 is 0 Å². The monoisotopic (exact) mass is 355 g/mol. The van der Waals surface area contributed by atoms with E-state index in [1.54, 1.807) is 0 Å². The van der Waals surface area contributed by atoms with Crippen LogP contribution in [0.4, 0.5) is 4.79 Å². The smallest absolute Gasteiger partial charge is 0.407 e. The Morgan fingerprint density at radius 3 is 2.58 bits per heavy atom. The Balaban J connectivity index is 1.52. The molecule has 0 saturated heterocycles. The minimum Gasteiger partial charge on any atom is -0.445 e. The predicted molar refractivity (Wildman–Crippen MR) is 95.8 cm³/mol. The van der Waals surface area contributed by atoms with E-state index in [-0.39, 0.29) is 30.4 Å². The van der Waals surface area contributed by atoms with Gasteiger partial charge in [-0.2, -0.15) is 5.26 Å². The van der Waals surface area contributed by atoms with Crippen molar-refractivity contribution in [2.45, 2.75) is 57.2 Å². The molecule has 2 amide bonds. The molecule has 138 valence electrons. The molecule has 0 heterocycles. The molecule has 3 atom stereocenters. The van der Waals surface area contributed by atoms with Gasteiger partial charge in [0.1, 0.15) is 12.6 Å². The number of rotatable bonds is 6. The molecule has 0 aliphatic heterocycles. The summed E-state index contributed by atoms with van der Waals surface area (Å²) in [6, 6.07) is 11.0. The third kappa shape index (κ3) is 4.98. The first-order valence-corrected chi connectivity index (χ1v) is 9.34. The van der Waals surface area contributed by atoms with Crippen molar-refractivity contribution < 1.29 is 14.3 Å². The maximum absolute atomic E-state index is 12.6. The summed E-state index contributed by atoms with van der Waals surface area (Å²) in [7, 11) is 0. The Hall–Kier alpha value is -2.55. The van der Waals surface area contributed by atoms with Crippen LogP contribution in [0.1, 0.15) is 44.1 Å². The van der Waals surface area contributed by atoms with Crippen molar-refractivity contribution >= 4 is 12.0 Å². The molecule has 2 aliphatic rings. The first-order chi connectivity index (χ1) is 12.7. The largest absolute Gasteiger partial charge is 0.445 e. The van der Waals surface area contributed by atoms with E-state index in [2.05, 4.69) is 16.7 Å². The topological polar surface area (TPSA) is 91.2 Å². The summed E-state index contributed by atoms with van der Waals surface area (Å²) in [4.78, 5) is 24.7. The minimum absolute atomic E-state index is 0.128. The summed E-state index contributed by atoms with van der Waals surface area (Å²) in [5.74, 6) is -0.145. The highest BCUT2D eigenvalue weighted by Gasteiger charge is 2.37. The van der Waals surface area contributed by atoms with Gasteiger partial charge in [0.2, 0.25) is 5.91 Å². The maximum atomic E-state index is 12.6. The van der Waals surface area contributed by atoms with Gasteiger partial charge < -0.3 is 15.4 Å². The second-order valence-electron chi connectivity index (χ2n) is 7.16. The zero-order valence-electron chi connectivity index (χ0n) is 14.8. The molecule has 2 fully saturated rings. The number of amides is 2. The van der Waals surface area contributed by atoms with Crippen LogP contribution < -0.4 is 10.6 Å². The number of benzene rings is 1. The molecule has 1 unspecified atom stereocenters. The van der Waals surface area contributed by atoms with E-state index in [9.17, 15) is 14.9 Å². The fourth-order valence-electron chi connectivity index (χ4n) is 3.48. The zero-order chi connectivity index (χ0) is 18.4. The molecule has 2 aliphatic carbocycles. The van der Waals surface area contributed by atoms with Crippen LogP contribution in [0.15, 0.2) is 30.3 Å². The zero-order valence-corrected chi connectivity index (χ0v) is 14.8. The summed E-state index contributed by atoms with van der Waals surface area (Å²) in [6.07, 6.45) is 4.89. The minimum atomic E-state index is -0.502. The van der Waals surface area contributed by atoms with Crippen LogP contribution in [-0.4, -0.2) is 24.1 Å². The lowest BCUT2D eigenvalue weighted by molar-refractivity contribution is -0.127. The van der Waals surface area contributed by atoms with E-state index in [1.165, 1.54) is 0 Å². The van der Waals surface area contributed by atoms with Crippen molar-refractivity contribution in [2.75, 3.05) is 0 Å². The van der Waals surface area contributed by atoms with Crippen LogP contribution in [0.5, 0.6) is 0 Å². The van der Waals surface area contributed by atoms with Gasteiger partial charge in [0, 0.05) is 6.04 Å². The van der Waals surface area contributed by atoms with E-state index in [1.807, 2.05) is 30.3 Å². The van der Waals surface area contributed by atoms with E-state index in [0.29, 0.717) is 0 Å². The Bertz CT molecular complexity index is 667. The number of nitrogens with zero attached hydrogens (tertiary/aromatic N) is 1. The van der Waals surface area contributed by atoms with Gasteiger partial charge in [-0.15, -0.1) is 0 Å². The molecule has 0 aromatic heterocycles.